The summed E-state index contributed by atoms with van der Waals surface area (Å²) in [7, 11) is 1.51. The molecule has 1 aromatic heterocycles. The number of carbonyl (C=O) groups is 2. The molecule has 104 valence electrons. The molecule has 0 fully saturated rings. The average molecular weight is 268 g/mol. The summed E-state index contributed by atoms with van der Waals surface area (Å²) in [5.41, 5.74) is -0.512. The van der Waals surface area contributed by atoms with Gasteiger partial charge in [-0.15, -0.1) is 0 Å². The highest BCUT2D eigenvalue weighted by molar-refractivity contribution is 5.87. The molecule has 0 saturated carbocycles. The molecule has 0 atom stereocenters. The van der Waals surface area contributed by atoms with E-state index in [1.807, 2.05) is 0 Å². The minimum atomic E-state index is -1.31. The number of aromatic carboxylic acids is 1. The molecule has 0 aromatic carbocycles. The quantitative estimate of drug-likeness (QED) is 0.685. The van der Waals surface area contributed by atoms with Gasteiger partial charge < -0.3 is 19.7 Å². The Hall–Kier alpha value is -2.15. The van der Waals surface area contributed by atoms with Crippen LogP contribution in [0.3, 0.4) is 0 Å². The molecule has 19 heavy (non-hydrogen) atoms. The Bertz CT molecular complexity index is 535. The van der Waals surface area contributed by atoms with Crippen LogP contribution in [0.4, 0.5) is 0 Å². The van der Waals surface area contributed by atoms with Crippen molar-refractivity contribution in [3.05, 3.63) is 33.7 Å². The zero-order chi connectivity index (χ0) is 14.4. The summed E-state index contributed by atoms with van der Waals surface area (Å²) in [6, 6.07) is 2.73. The third-order valence-electron chi connectivity index (χ3n) is 2.55. The van der Waals surface area contributed by atoms with E-state index >= 15 is 0 Å². The van der Waals surface area contributed by atoms with Crippen molar-refractivity contribution in [1.29, 1.82) is 0 Å². The highest BCUT2D eigenvalue weighted by Gasteiger charge is 2.14. The Balaban J connectivity index is 2.89. The number of rotatable bonds is 6. The van der Waals surface area contributed by atoms with Gasteiger partial charge in [0.05, 0.1) is 6.61 Å². The summed E-state index contributed by atoms with van der Waals surface area (Å²) in [5.74, 6) is -1.68. The zero-order valence-corrected chi connectivity index (χ0v) is 10.8. The lowest BCUT2D eigenvalue weighted by Gasteiger charge is -2.10. The summed E-state index contributed by atoms with van der Waals surface area (Å²) < 4.78 is 5.91. The van der Waals surface area contributed by atoms with Crippen molar-refractivity contribution in [2.45, 2.75) is 13.5 Å². The van der Waals surface area contributed by atoms with E-state index in [4.69, 9.17) is 9.84 Å². The Morgan fingerprint density at radius 3 is 2.68 bits per heavy atom. The number of hydrogen-bond acceptors (Lipinski definition) is 4. The minimum absolute atomic E-state index is 0.213. The maximum absolute atomic E-state index is 11.9. The Kier molecular flexibility index (Phi) is 5.25. The van der Waals surface area contributed by atoms with Gasteiger partial charge in [0.2, 0.25) is 5.91 Å². The molecule has 0 saturated heterocycles. The minimum Gasteiger partial charge on any atom is -0.477 e. The van der Waals surface area contributed by atoms with Gasteiger partial charge in [-0.1, -0.05) is 0 Å². The highest BCUT2D eigenvalue weighted by Crippen LogP contribution is 1.98. The van der Waals surface area contributed by atoms with Crippen molar-refractivity contribution in [1.82, 2.24) is 9.88 Å². The molecule has 7 nitrogen and oxygen atoms in total. The molecule has 1 heterocycles. The number of amides is 1. The largest absolute Gasteiger partial charge is 0.477 e. The van der Waals surface area contributed by atoms with Crippen molar-refractivity contribution in [2.75, 3.05) is 20.3 Å². The van der Waals surface area contributed by atoms with Crippen LogP contribution in [-0.4, -0.2) is 41.8 Å². The lowest BCUT2D eigenvalue weighted by atomic mass is 10.2. The van der Waals surface area contributed by atoms with Crippen LogP contribution in [0.1, 0.15) is 16.1 Å². The van der Waals surface area contributed by atoms with Crippen molar-refractivity contribution in [3.63, 3.8) is 0 Å². The number of methoxy groups -OCH3 is 1. The van der Waals surface area contributed by atoms with Crippen molar-refractivity contribution in [2.24, 2.45) is 0 Å². The smallest absolute Gasteiger partial charge is 0.341 e. The number of pyridine rings is 1. The molecule has 1 rings (SSSR count). The van der Waals surface area contributed by atoms with Gasteiger partial charge in [0.25, 0.3) is 5.56 Å². The van der Waals surface area contributed by atoms with Gasteiger partial charge in [-0.3, -0.25) is 9.59 Å². The second-order valence-electron chi connectivity index (χ2n) is 3.93. The van der Waals surface area contributed by atoms with E-state index in [0.29, 0.717) is 18.8 Å². The second kappa shape index (κ2) is 6.69. The first-order valence-electron chi connectivity index (χ1n) is 5.66. The Morgan fingerprint density at radius 2 is 2.11 bits per heavy atom. The van der Waals surface area contributed by atoms with E-state index < -0.39 is 11.5 Å². The predicted molar refractivity (Wildman–Crippen MR) is 67.3 cm³/mol. The van der Waals surface area contributed by atoms with E-state index in [1.54, 1.807) is 6.92 Å². The third-order valence-corrected chi connectivity index (χ3v) is 2.55. The first kappa shape index (κ1) is 14.9. The first-order chi connectivity index (χ1) is 8.97. The number of aryl methyl sites for hydroxylation is 1. The summed E-state index contributed by atoms with van der Waals surface area (Å²) >= 11 is 0. The molecule has 0 aliphatic carbocycles. The van der Waals surface area contributed by atoms with Crippen LogP contribution in [0.5, 0.6) is 0 Å². The summed E-state index contributed by atoms with van der Waals surface area (Å²) in [6.45, 7) is 2.13. The maximum atomic E-state index is 11.9. The number of carboxylic acids is 1. The van der Waals surface area contributed by atoms with Gasteiger partial charge >= 0.3 is 5.97 Å². The summed E-state index contributed by atoms with van der Waals surface area (Å²) in [5, 5.41) is 11.4. The van der Waals surface area contributed by atoms with Crippen LogP contribution >= 0.6 is 0 Å². The fourth-order valence-electron chi connectivity index (χ4n) is 1.52. The van der Waals surface area contributed by atoms with E-state index in [9.17, 15) is 14.4 Å². The number of aromatic nitrogens is 1. The van der Waals surface area contributed by atoms with Crippen LogP contribution in [0, 0.1) is 6.92 Å². The van der Waals surface area contributed by atoms with Gasteiger partial charge in [-0.05, 0) is 19.1 Å². The first-order valence-corrected chi connectivity index (χ1v) is 5.66. The number of carbonyl (C=O) groups excluding carboxylic acids is 1. The molecule has 0 radical (unpaired) electrons. The fourth-order valence-corrected chi connectivity index (χ4v) is 1.52. The van der Waals surface area contributed by atoms with E-state index in [2.05, 4.69) is 5.32 Å². The van der Waals surface area contributed by atoms with E-state index in [-0.39, 0.29) is 18.0 Å². The van der Waals surface area contributed by atoms with E-state index in [0.717, 1.165) is 4.57 Å². The number of carboxylic acid groups (broad SMARTS) is 1. The second-order valence-corrected chi connectivity index (χ2v) is 3.93. The number of hydrogen-bond donors (Lipinski definition) is 2. The third kappa shape index (κ3) is 3.92. The standard InChI is InChI=1S/C12H16N2O5/c1-8-3-4-9(12(17)18)11(16)14(8)7-10(15)13-5-6-19-2/h3-4H,5-7H2,1-2H3,(H,13,15)(H,17,18). The molecular formula is C12H16N2O5. The van der Waals surface area contributed by atoms with Crippen LogP contribution < -0.4 is 10.9 Å². The van der Waals surface area contributed by atoms with Crippen molar-refractivity contribution < 1.29 is 19.4 Å². The van der Waals surface area contributed by atoms with Crippen LogP contribution in [0.2, 0.25) is 0 Å². The van der Waals surface area contributed by atoms with Crippen LogP contribution in [0.15, 0.2) is 16.9 Å². The Labute approximate surface area is 109 Å². The molecule has 2 N–H and O–H groups in total. The van der Waals surface area contributed by atoms with Gasteiger partial charge in [-0.2, -0.15) is 0 Å². The molecule has 1 aromatic rings. The van der Waals surface area contributed by atoms with Gasteiger partial charge in [0.1, 0.15) is 12.1 Å². The van der Waals surface area contributed by atoms with Gasteiger partial charge in [0.15, 0.2) is 0 Å². The SMILES string of the molecule is COCCNC(=O)Cn1c(C)ccc(C(=O)O)c1=O. The monoisotopic (exact) mass is 268 g/mol. The highest BCUT2D eigenvalue weighted by atomic mass is 16.5. The van der Waals surface area contributed by atoms with Crippen LogP contribution in [-0.2, 0) is 16.1 Å². The Morgan fingerprint density at radius 1 is 1.42 bits per heavy atom. The predicted octanol–water partition coefficient (Wildman–Crippen LogP) is -0.382. The average Bonchev–Trinajstić information content (AvgIpc) is 2.34. The topological polar surface area (TPSA) is 97.6 Å². The summed E-state index contributed by atoms with van der Waals surface area (Å²) in [6.07, 6.45) is 0. The maximum Gasteiger partial charge on any atom is 0.341 e. The lowest BCUT2D eigenvalue weighted by molar-refractivity contribution is -0.121. The normalized spacial score (nSPS) is 10.2. The van der Waals surface area contributed by atoms with Gasteiger partial charge in [0, 0.05) is 19.3 Å². The van der Waals surface area contributed by atoms with Crippen molar-refractivity contribution in [3.8, 4) is 0 Å². The molecular weight excluding hydrogens is 252 g/mol. The number of ether oxygens (including phenoxy) is 1. The fraction of sp³-hybridized carbons (Fsp3) is 0.417. The van der Waals surface area contributed by atoms with E-state index in [1.165, 1.54) is 19.2 Å². The number of nitrogens with one attached hydrogen (secondary N) is 1. The molecule has 1 amide bonds. The van der Waals surface area contributed by atoms with Crippen molar-refractivity contribution >= 4 is 11.9 Å². The van der Waals surface area contributed by atoms with Crippen LogP contribution in [0.25, 0.3) is 0 Å². The molecule has 0 spiro atoms. The zero-order valence-electron chi connectivity index (χ0n) is 10.8. The molecule has 0 aliphatic rings. The number of nitrogens with zero attached hydrogens (tertiary/aromatic N) is 1. The summed E-state index contributed by atoms with van der Waals surface area (Å²) in [4.78, 5) is 34.3. The lowest BCUT2D eigenvalue weighted by Crippen LogP contribution is -2.36. The molecule has 0 unspecified atom stereocenters. The van der Waals surface area contributed by atoms with Gasteiger partial charge in [-0.25, -0.2) is 4.79 Å². The molecule has 0 bridgehead atoms. The molecule has 7 heteroatoms. The molecule has 0 aliphatic heterocycles.